The van der Waals surface area contributed by atoms with Crippen LogP contribution in [0.15, 0.2) is 29.3 Å². The van der Waals surface area contributed by atoms with Crippen LogP contribution in [0.1, 0.15) is 20.8 Å². The van der Waals surface area contributed by atoms with Gasteiger partial charge in [0.2, 0.25) is 0 Å². The number of aliphatic imine (C=N–C) groups is 1. The van der Waals surface area contributed by atoms with Gasteiger partial charge < -0.3 is 15.5 Å². The highest BCUT2D eigenvalue weighted by Gasteiger charge is 2.40. The number of nitrogens with one attached hydrogen (secondary N) is 2. The average molecular weight is 525 g/mol. The van der Waals surface area contributed by atoms with Crippen LogP contribution < -0.4 is 10.6 Å². The average Bonchev–Trinajstić information content (AvgIpc) is 2.60. The topological polar surface area (TPSA) is 117 Å². The van der Waals surface area contributed by atoms with E-state index in [1.54, 1.807) is 26.0 Å². The maximum absolute atomic E-state index is 12.2. The van der Waals surface area contributed by atoms with Crippen molar-refractivity contribution in [1.82, 2.24) is 10.2 Å². The molecule has 1 heterocycles. The van der Waals surface area contributed by atoms with Crippen LogP contribution in [0.2, 0.25) is 0 Å². The number of rotatable bonds is 6. The molecule has 0 atom stereocenters. The van der Waals surface area contributed by atoms with Crippen LogP contribution in [-0.4, -0.2) is 67.4 Å². The summed E-state index contributed by atoms with van der Waals surface area (Å²) in [7, 11) is -3.10. The molecular weight excluding hydrogens is 497 g/mol. The summed E-state index contributed by atoms with van der Waals surface area (Å²) in [6, 6.07) is 6.22. The lowest BCUT2D eigenvalue weighted by atomic mass is 10.2. The fourth-order valence-corrected chi connectivity index (χ4v) is 4.18. The van der Waals surface area contributed by atoms with Crippen molar-refractivity contribution in [2.24, 2.45) is 4.99 Å². The zero-order valence-corrected chi connectivity index (χ0v) is 19.5. The van der Waals surface area contributed by atoms with E-state index in [0.717, 1.165) is 5.69 Å². The number of non-ortho nitro benzene ring substituents is 1. The summed E-state index contributed by atoms with van der Waals surface area (Å²) in [6.07, 6.45) is 0. The van der Waals surface area contributed by atoms with E-state index in [4.69, 9.17) is 0 Å². The summed E-state index contributed by atoms with van der Waals surface area (Å²) in [5.74, 6) is 0.817. The van der Waals surface area contributed by atoms with Gasteiger partial charge in [-0.25, -0.2) is 8.42 Å². The predicted octanol–water partition coefficient (Wildman–Crippen LogP) is 2.10. The molecule has 0 bridgehead atoms. The number of sulfone groups is 1. The van der Waals surface area contributed by atoms with E-state index in [-0.39, 0.29) is 35.4 Å². The number of halogens is 1. The van der Waals surface area contributed by atoms with E-state index in [9.17, 15) is 18.5 Å². The van der Waals surface area contributed by atoms with Crippen molar-refractivity contribution >= 4 is 51.1 Å². The molecule has 2 N–H and O–H groups in total. The van der Waals surface area contributed by atoms with Crippen molar-refractivity contribution < 1.29 is 13.3 Å². The minimum Gasteiger partial charge on any atom is -0.383 e. The van der Waals surface area contributed by atoms with E-state index < -0.39 is 19.5 Å². The molecule has 28 heavy (non-hydrogen) atoms. The largest absolute Gasteiger partial charge is 0.383 e. The van der Waals surface area contributed by atoms with Crippen LogP contribution in [0, 0.1) is 10.1 Å². The third-order valence-corrected chi connectivity index (χ3v) is 6.99. The highest BCUT2D eigenvalue weighted by molar-refractivity contribution is 14.0. The van der Waals surface area contributed by atoms with Gasteiger partial charge in [0.25, 0.3) is 5.69 Å². The standard InChI is InChI=1S/C17H27N5O4S.HI/c1-4-18-16(21-11-12-27(25,26)17(2,3)13-21)20-10-9-19-14-5-7-15(8-6-14)22(23)24;/h5-8,19H,4,9-13H2,1-3H3,(H,18,20);1H. The molecule has 0 saturated carbocycles. The Bertz CT molecular complexity index is 796. The van der Waals surface area contributed by atoms with Crippen molar-refractivity contribution in [3.63, 3.8) is 0 Å². The Hall–Kier alpha value is -1.63. The second-order valence-electron chi connectivity index (χ2n) is 6.97. The fourth-order valence-electron chi connectivity index (χ4n) is 2.81. The van der Waals surface area contributed by atoms with Crippen LogP contribution in [0.3, 0.4) is 0 Å². The fraction of sp³-hybridized carbons (Fsp3) is 0.588. The van der Waals surface area contributed by atoms with Crippen LogP contribution in [-0.2, 0) is 9.84 Å². The lowest BCUT2D eigenvalue weighted by molar-refractivity contribution is -0.384. The second kappa shape index (κ2) is 10.2. The van der Waals surface area contributed by atoms with E-state index in [1.165, 1.54) is 12.1 Å². The van der Waals surface area contributed by atoms with Crippen molar-refractivity contribution in [2.75, 3.05) is 43.8 Å². The summed E-state index contributed by atoms with van der Waals surface area (Å²) in [4.78, 5) is 16.8. The van der Waals surface area contributed by atoms with E-state index in [1.807, 2.05) is 11.8 Å². The van der Waals surface area contributed by atoms with Gasteiger partial charge in [-0.2, -0.15) is 0 Å². The van der Waals surface area contributed by atoms with Gasteiger partial charge in [-0.05, 0) is 32.9 Å². The molecule has 1 fully saturated rings. The third kappa shape index (κ3) is 6.19. The zero-order chi connectivity index (χ0) is 20.1. The number of nitro groups is 1. The highest BCUT2D eigenvalue weighted by Crippen LogP contribution is 2.23. The summed E-state index contributed by atoms with van der Waals surface area (Å²) in [5, 5.41) is 17.0. The van der Waals surface area contributed by atoms with Crippen LogP contribution in [0.25, 0.3) is 0 Å². The van der Waals surface area contributed by atoms with Crippen molar-refractivity contribution in [1.29, 1.82) is 0 Å². The SMILES string of the molecule is CCNC(=NCCNc1ccc([N+](=O)[O-])cc1)N1CCS(=O)(=O)C(C)(C)C1.I. The summed E-state index contributed by atoms with van der Waals surface area (Å²) in [6.45, 7) is 8.02. The number of guanidine groups is 1. The lowest BCUT2D eigenvalue weighted by Crippen LogP contribution is -2.57. The molecule has 2 rings (SSSR count). The molecule has 1 aromatic carbocycles. The van der Waals surface area contributed by atoms with Gasteiger partial charge in [0, 0.05) is 44.0 Å². The molecule has 158 valence electrons. The van der Waals surface area contributed by atoms with Crippen LogP contribution in [0.5, 0.6) is 0 Å². The van der Waals surface area contributed by atoms with Gasteiger partial charge in [0.05, 0.1) is 22.0 Å². The van der Waals surface area contributed by atoms with Crippen LogP contribution in [0.4, 0.5) is 11.4 Å². The van der Waals surface area contributed by atoms with Gasteiger partial charge >= 0.3 is 0 Å². The molecular formula is C17H28IN5O4S. The normalized spacial score (nSPS) is 18.1. The second-order valence-corrected chi connectivity index (χ2v) is 9.71. The Morgan fingerprint density at radius 2 is 1.96 bits per heavy atom. The Labute approximate surface area is 183 Å². The van der Waals surface area contributed by atoms with Gasteiger partial charge in [0.15, 0.2) is 15.8 Å². The predicted molar refractivity (Wildman–Crippen MR) is 122 cm³/mol. The van der Waals surface area contributed by atoms with Crippen molar-refractivity contribution in [2.45, 2.75) is 25.5 Å². The molecule has 0 aromatic heterocycles. The summed E-state index contributed by atoms with van der Waals surface area (Å²) >= 11 is 0. The summed E-state index contributed by atoms with van der Waals surface area (Å²) in [5.41, 5.74) is 0.835. The quantitative estimate of drug-likeness (QED) is 0.146. The molecule has 0 amide bonds. The van der Waals surface area contributed by atoms with Gasteiger partial charge in [0.1, 0.15) is 0 Å². The van der Waals surface area contributed by atoms with Crippen molar-refractivity contribution in [3.8, 4) is 0 Å². The molecule has 11 heteroatoms. The maximum Gasteiger partial charge on any atom is 0.269 e. The number of benzene rings is 1. The molecule has 0 unspecified atom stereocenters. The lowest BCUT2D eigenvalue weighted by Gasteiger charge is -2.39. The Kier molecular flexibility index (Phi) is 8.92. The monoisotopic (exact) mass is 525 g/mol. The molecule has 1 saturated heterocycles. The number of nitrogens with zero attached hydrogens (tertiary/aromatic N) is 3. The summed E-state index contributed by atoms with van der Waals surface area (Å²) < 4.78 is 23.5. The molecule has 0 aliphatic carbocycles. The van der Waals surface area contributed by atoms with Crippen LogP contribution >= 0.6 is 24.0 Å². The molecule has 1 aliphatic rings. The van der Waals surface area contributed by atoms with E-state index >= 15 is 0 Å². The first-order valence-electron chi connectivity index (χ1n) is 8.90. The first-order chi connectivity index (χ1) is 12.7. The Morgan fingerprint density at radius 1 is 1.32 bits per heavy atom. The zero-order valence-electron chi connectivity index (χ0n) is 16.3. The molecule has 0 spiro atoms. The van der Waals surface area contributed by atoms with Crippen molar-refractivity contribution in [3.05, 3.63) is 34.4 Å². The van der Waals surface area contributed by atoms with E-state index in [0.29, 0.717) is 38.7 Å². The number of hydrogen-bond acceptors (Lipinski definition) is 6. The molecule has 1 aliphatic heterocycles. The van der Waals surface area contributed by atoms with E-state index in [2.05, 4.69) is 15.6 Å². The minimum absolute atomic E-state index is 0. The molecule has 1 aromatic rings. The first kappa shape index (κ1) is 24.4. The number of nitro benzene ring substituents is 1. The van der Waals surface area contributed by atoms with Gasteiger partial charge in [-0.3, -0.25) is 15.1 Å². The third-order valence-electron chi connectivity index (χ3n) is 4.46. The molecule has 0 radical (unpaired) electrons. The van der Waals surface area contributed by atoms with Gasteiger partial charge in [-0.1, -0.05) is 0 Å². The first-order valence-corrected chi connectivity index (χ1v) is 10.6. The highest BCUT2D eigenvalue weighted by atomic mass is 127. The Balaban J connectivity index is 0.00000392. The van der Waals surface area contributed by atoms with Gasteiger partial charge in [-0.15, -0.1) is 24.0 Å². The minimum atomic E-state index is -3.10. The Morgan fingerprint density at radius 3 is 2.50 bits per heavy atom. The number of hydrogen-bond donors (Lipinski definition) is 2. The molecule has 9 nitrogen and oxygen atoms in total. The maximum atomic E-state index is 12.2. The smallest absolute Gasteiger partial charge is 0.269 e. The number of anilines is 1.